The molecule has 1 unspecified atom stereocenters. The Balaban J connectivity index is 1.71. The number of ether oxygens (including phenoxy) is 1. The van der Waals surface area contributed by atoms with Crippen LogP contribution in [0.1, 0.15) is 59.3 Å². The molecule has 0 aliphatic heterocycles. The molecular weight excluding hydrogens is 410 g/mol. The van der Waals surface area contributed by atoms with Crippen LogP contribution >= 0.6 is 11.8 Å². The normalized spacial score (nSPS) is 16.0. The van der Waals surface area contributed by atoms with E-state index in [1.54, 1.807) is 10.6 Å². The van der Waals surface area contributed by atoms with E-state index in [9.17, 15) is 9.59 Å². The topological polar surface area (TPSA) is 73.2 Å². The molecule has 1 saturated carbocycles. The quantitative estimate of drug-likeness (QED) is 0.334. The first-order valence-corrected chi connectivity index (χ1v) is 12.4. The molecule has 0 saturated heterocycles. The van der Waals surface area contributed by atoms with Crippen molar-refractivity contribution in [3.63, 3.8) is 0 Å². The number of hydrogen-bond donors (Lipinski definition) is 1. The van der Waals surface area contributed by atoms with Gasteiger partial charge in [-0.25, -0.2) is 4.98 Å². The van der Waals surface area contributed by atoms with Crippen molar-refractivity contribution in [2.75, 3.05) is 13.2 Å². The fourth-order valence-corrected chi connectivity index (χ4v) is 4.93. The molecule has 1 fully saturated rings. The Kier molecular flexibility index (Phi) is 8.96. The summed E-state index contributed by atoms with van der Waals surface area (Å²) in [5.41, 5.74) is 0.604. The second-order valence-corrected chi connectivity index (χ2v) is 9.96. The van der Waals surface area contributed by atoms with Crippen LogP contribution in [0.4, 0.5) is 0 Å². The summed E-state index contributed by atoms with van der Waals surface area (Å²) in [7, 11) is 0. The Bertz CT molecular complexity index is 922. The molecule has 1 aliphatic rings. The third-order valence-corrected chi connectivity index (χ3v) is 6.84. The lowest BCUT2D eigenvalue weighted by Crippen LogP contribution is -2.36. The van der Waals surface area contributed by atoms with E-state index in [1.807, 2.05) is 39.0 Å². The number of benzene rings is 1. The molecule has 6 nitrogen and oxygen atoms in total. The highest BCUT2D eigenvalue weighted by atomic mass is 32.2. The number of carbonyl (C=O) groups excluding carboxylic acids is 1. The van der Waals surface area contributed by atoms with Gasteiger partial charge in [-0.15, -0.1) is 0 Å². The highest BCUT2D eigenvalue weighted by Crippen LogP contribution is 2.25. The van der Waals surface area contributed by atoms with Crippen molar-refractivity contribution < 1.29 is 9.53 Å². The van der Waals surface area contributed by atoms with Gasteiger partial charge in [-0.05, 0) is 58.1 Å². The molecule has 170 valence electrons. The van der Waals surface area contributed by atoms with E-state index in [0.717, 1.165) is 6.54 Å². The smallest absolute Gasteiger partial charge is 0.262 e. The van der Waals surface area contributed by atoms with Crippen LogP contribution in [0, 0.1) is 5.92 Å². The molecule has 1 N–H and O–H groups in total. The summed E-state index contributed by atoms with van der Waals surface area (Å²) >= 11 is 1.36. The zero-order valence-electron chi connectivity index (χ0n) is 18.9. The number of rotatable bonds is 10. The van der Waals surface area contributed by atoms with Crippen LogP contribution < -0.4 is 10.9 Å². The van der Waals surface area contributed by atoms with Gasteiger partial charge < -0.3 is 10.1 Å². The van der Waals surface area contributed by atoms with Gasteiger partial charge in [0.1, 0.15) is 0 Å². The van der Waals surface area contributed by atoms with Gasteiger partial charge in [0.05, 0.1) is 22.3 Å². The van der Waals surface area contributed by atoms with Gasteiger partial charge in [0.2, 0.25) is 5.91 Å². The van der Waals surface area contributed by atoms with Crippen molar-refractivity contribution in [3.05, 3.63) is 34.6 Å². The predicted molar refractivity (Wildman–Crippen MR) is 127 cm³/mol. The van der Waals surface area contributed by atoms with Crippen LogP contribution in [0.2, 0.25) is 0 Å². The Hall–Kier alpha value is -1.86. The van der Waals surface area contributed by atoms with Crippen molar-refractivity contribution in [2.24, 2.45) is 5.92 Å². The molecule has 7 heteroatoms. The van der Waals surface area contributed by atoms with E-state index >= 15 is 0 Å². The van der Waals surface area contributed by atoms with Crippen LogP contribution in [0.25, 0.3) is 10.9 Å². The summed E-state index contributed by atoms with van der Waals surface area (Å²) in [4.78, 5) is 30.6. The Morgan fingerprint density at radius 2 is 1.97 bits per heavy atom. The number of amides is 1. The van der Waals surface area contributed by atoms with E-state index in [-0.39, 0.29) is 22.8 Å². The Labute approximate surface area is 189 Å². The van der Waals surface area contributed by atoms with Crippen LogP contribution in [0.3, 0.4) is 0 Å². The highest BCUT2D eigenvalue weighted by molar-refractivity contribution is 8.00. The molecule has 1 aliphatic carbocycles. The minimum absolute atomic E-state index is 0.00710. The molecule has 31 heavy (non-hydrogen) atoms. The van der Waals surface area contributed by atoms with Crippen molar-refractivity contribution >= 4 is 28.6 Å². The molecule has 0 spiro atoms. The van der Waals surface area contributed by atoms with Gasteiger partial charge in [0.25, 0.3) is 5.56 Å². The zero-order valence-corrected chi connectivity index (χ0v) is 19.7. The van der Waals surface area contributed by atoms with Gasteiger partial charge >= 0.3 is 0 Å². The highest BCUT2D eigenvalue weighted by Gasteiger charge is 2.21. The molecule has 1 amide bonds. The van der Waals surface area contributed by atoms with Gasteiger partial charge in [-0.1, -0.05) is 43.2 Å². The number of aromatic nitrogens is 2. The van der Waals surface area contributed by atoms with Crippen molar-refractivity contribution in [3.8, 4) is 0 Å². The summed E-state index contributed by atoms with van der Waals surface area (Å²) in [6.45, 7) is 7.72. The van der Waals surface area contributed by atoms with E-state index in [0.29, 0.717) is 41.5 Å². The minimum Gasteiger partial charge on any atom is -0.379 e. The number of nitrogens with one attached hydrogen (secondary N) is 1. The van der Waals surface area contributed by atoms with Crippen LogP contribution in [0.15, 0.2) is 34.2 Å². The lowest BCUT2D eigenvalue weighted by atomic mass is 9.89. The Morgan fingerprint density at radius 1 is 1.23 bits per heavy atom. The first kappa shape index (κ1) is 23.8. The van der Waals surface area contributed by atoms with Crippen molar-refractivity contribution in [2.45, 2.75) is 82.4 Å². The van der Waals surface area contributed by atoms with E-state index in [1.165, 1.54) is 43.9 Å². The largest absolute Gasteiger partial charge is 0.379 e. The number of nitrogens with zero attached hydrogens (tertiary/aromatic N) is 2. The number of fused-ring (bicyclic) bond motifs is 1. The fraction of sp³-hybridized carbons (Fsp3) is 0.625. The molecule has 1 heterocycles. The molecule has 0 radical (unpaired) electrons. The lowest BCUT2D eigenvalue weighted by Gasteiger charge is -2.22. The van der Waals surface area contributed by atoms with Gasteiger partial charge in [-0.2, -0.15) is 0 Å². The van der Waals surface area contributed by atoms with Crippen molar-refractivity contribution in [1.82, 2.24) is 14.9 Å². The fourth-order valence-electron chi connectivity index (χ4n) is 3.97. The maximum Gasteiger partial charge on any atom is 0.262 e. The number of carbonyl (C=O) groups is 1. The average molecular weight is 446 g/mol. The van der Waals surface area contributed by atoms with E-state index in [4.69, 9.17) is 9.72 Å². The third kappa shape index (κ3) is 6.81. The standard InChI is InChI=1S/C24H35N3O3S/c1-17(2)30-15-9-14-27-23(29)20-12-7-8-13-21(20)26-24(27)31-18(3)22(28)25-16-19-10-5-4-6-11-19/h7-8,12-13,17-19H,4-6,9-11,14-16H2,1-3H3,(H,25,28). The zero-order chi connectivity index (χ0) is 22.2. The average Bonchev–Trinajstić information content (AvgIpc) is 2.77. The number of thioether (sulfide) groups is 1. The molecule has 2 aromatic rings. The molecule has 3 rings (SSSR count). The second-order valence-electron chi connectivity index (χ2n) is 8.65. The third-order valence-electron chi connectivity index (χ3n) is 5.74. The molecule has 1 atom stereocenters. The number of hydrogen-bond acceptors (Lipinski definition) is 5. The summed E-state index contributed by atoms with van der Waals surface area (Å²) in [6, 6.07) is 7.39. The maximum atomic E-state index is 13.1. The summed E-state index contributed by atoms with van der Waals surface area (Å²) in [6.07, 6.45) is 7.11. The predicted octanol–water partition coefficient (Wildman–Crippen LogP) is 4.39. The summed E-state index contributed by atoms with van der Waals surface area (Å²) < 4.78 is 7.33. The molecule has 1 aromatic carbocycles. The van der Waals surface area contributed by atoms with Gasteiger partial charge in [0, 0.05) is 19.7 Å². The van der Waals surface area contributed by atoms with Crippen LogP contribution in [-0.2, 0) is 16.1 Å². The van der Waals surface area contributed by atoms with Crippen LogP contribution in [0.5, 0.6) is 0 Å². The van der Waals surface area contributed by atoms with E-state index < -0.39 is 0 Å². The number of para-hydroxylation sites is 1. The summed E-state index contributed by atoms with van der Waals surface area (Å²) in [5, 5.41) is 3.98. The molecular formula is C24H35N3O3S. The minimum atomic E-state index is -0.324. The molecule has 0 bridgehead atoms. The molecule has 1 aromatic heterocycles. The van der Waals surface area contributed by atoms with Gasteiger partial charge in [-0.3, -0.25) is 14.2 Å². The first-order valence-electron chi connectivity index (χ1n) is 11.5. The first-order chi connectivity index (χ1) is 15.0. The lowest BCUT2D eigenvalue weighted by molar-refractivity contribution is -0.120. The monoisotopic (exact) mass is 445 g/mol. The van der Waals surface area contributed by atoms with Gasteiger partial charge in [0.15, 0.2) is 5.16 Å². The van der Waals surface area contributed by atoms with E-state index in [2.05, 4.69) is 5.32 Å². The SMILES string of the molecule is CC(C)OCCCn1c(SC(C)C(=O)NCC2CCCCC2)nc2ccccc2c1=O. The second kappa shape index (κ2) is 11.7. The summed E-state index contributed by atoms with van der Waals surface area (Å²) in [5.74, 6) is 0.598. The Morgan fingerprint density at radius 3 is 2.71 bits per heavy atom. The maximum absolute atomic E-state index is 13.1. The van der Waals surface area contributed by atoms with Crippen LogP contribution in [-0.4, -0.2) is 40.0 Å². The van der Waals surface area contributed by atoms with Crippen molar-refractivity contribution in [1.29, 1.82) is 0 Å².